The Balaban J connectivity index is 2.19. The second-order valence-corrected chi connectivity index (χ2v) is 4.68. The van der Waals surface area contributed by atoms with Gasteiger partial charge in [-0.1, -0.05) is 18.3 Å². The highest BCUT2D eigenvalue weighted by molar-refractivity contribution is 7.14. The molecule has 1 N–H and O–H groups in total. The summed E-state index contributed by atoms with van der Waals surface area (Å²) in [6, 6.07) is 2.23. The highest BCUT2D eigenvalue weighted by Gasteiger charge is 2.13. The van der Waals surface area contributed by atoms with Crippen molar-refractivity contribution in [1.29, 1.82) is 0 Å². The van der Waals surface area contributed by atoms with Gasteiger partial charge in [-0.25, -0.2) is 0 Å². The fourth-order valence-electron chi connectivity index (χ4n) is 1.48. The Hall–Kier alpha value is -1.20. The van der Waals surface area contributed by atoms with Gasteiger partial charge in [-0.05, 0) is 26.5 Å². The molecule has 4 nitrogen and oxygen atoms in total. The van der Waals surface area contributed by atoms with Gasteiger partial charge in [0.15, 0.2) is 5.01 Å². The second-order valence-electron chi connectivity index (χ2n) is 3.67. The molecule has 0 aliphatic carbocycles. The van der Waals surface area contributed by atoms with Crippen molar-refractivity contribution in [2.24, 2.45) is 0 Å². The van der Waals surface area contributed by atoms with Crippen molar-refractivity contribution in [3.05, 3.63) is 23.1 Å². The van der Waals surface area contributed by atoms with Crippen molar-refractivity contribution in [1.82, 2.24) is 15.5 Å². The van der Waals surface area contributed by atoms with Gasteiger partial charge in [0, 0.05) is 0 Å². The van der Waals surface area contributed by atoms with E-state index in [1.807, 2.05) is 13.0 Å². The third-order valence-corrected chi connectivity index (χ3v) is 3.45. The fraction of sp³-hybridized carbons (Fsp3) is 0.455. The highest BCUT2D eigenvalue weighted by atomic mass is 32.1. The van der Waals surface area contributed by atoms with Crippen molar-refractivity contribution in [3.8, 4) is 10.6 Å². The van der Waals surface area contributed by atoms with E-state index in [0.717, 1.165) is 27.9 Å². The molecule has 2 aromatic rings. The maximum atomic E-state index is 5.26. The van der Waals surface area contributed by atoms with Gasteiger partial charge in [0.1, 0.15) is 17.0 Å². The predicted octanol–water partition coefficient (Wildman–Crippen LogP) is 2.78. The van der Waals surface area contributed by atoms with Gasteiger partial charge in [0.25, 0.3) is 0 Å². The van der Waals surface area contributed by atoms with Gasteiger partial charge in [-0.2, -0.15) is 0 Å². The topological polar surface area (TPSA) is 51.0 Å². The number of hydrogen-bond acceptors (Lipinski definition) is 5. The molecule has 0 aromatic carbocycles. The summed E-state index contributed by atoms with van der Waals surface area (Å²) < 4.78 is 5.26. The van der Waals surface area contributed by atoms with Crippen LogP contribution in [0.4, 0.5) is 0 Å². The molecule has 1 atom stereocenters. The molecule has 2 rings (SSSR count). The second kappa shape index (κ2) is 4.76. The number of hydrogen-bond donors (Lipinski definition) is 1. The molecule has 0 saturated heterocycles. The molecular weight excluding hydrogens is 222 g/mol. The monoisotopic (exact) mass is 237 g/mol. The van der Waals surface area contributed by atoms with E-state index < -0.39 is 0 Å². The van der Waals surface area contributed by atoms with Crippen molar-refractivity contribution < 1.29 is 4.42 Å². The molecule has 2 heterocycles. The number of aryl methyl sites for hydroxylation is 1. The molecule has 0 amide bonds. The average Bonchev–Trinajstić information content (AvgIpc) is 2.85. The Morgan fingerprint density at radius 1 is 1.50 bits per heavy atom. The SMILES string of the molecule is CCNC(C)c1nnc(-c2coc(C)c2)s1. The summed E-state index contributed by atoms with van der Waals surface area (Å²) in [5.41, 5.74) is 1.00. The minimum Gasteiger partial charge on any atom is -0.469 e. The lowest BCUT2D eigenvalue weighted by molar-refractivity contribution is 0.535. The molecule has 0 aliphatic rings. The zero-order chi connectivity index (χ0) is 11.5. The lowest BCUT2D eigenvalue weighted by Gasteiger charge is -2.06. The summed E-state index contributed by atoms with van der Waals surface area (Å²) in [6.07, 6.45) is 1.72. The van der Waals surface area contributed by atoms with Crippen molar-refractivity contribution in [2.45, 2.75) is 26.8 Å². The van der Waals surface area contributed by atoms with Crippen LogP contribution in [0.3, 0.4) is 0 Å². The zero-order valence-electron chi connectivity index (χ0n) is 9.65. The molecule has 16 heavy (non-hydrogen) atoms. The summed E-state index contributed by atoms with van der Waals surface area (Å²) in [5.74, 6) is 0.895. The first-order chi connectivity index (χ1) is 7.70. The maximum Gasteiger partial charge on any atom is 0.151 e. The van der Waals surface area contributed by atoms with E-state index in [2.05, 4.69) is 29.4 Å². The minimum absolute atomic E-state index is 0.254. The summed E-state index contributed by atoms with van der Waals surface area (Å²) in [7, 11) is 0. The van der Waals surface area contributed by atoms with Crippen LogP contribution in [0, 0.1) is 6.92 Å². The first-order valence-electron chi connectivity index (χ1n) is 5.33. The third kappa shape index (κ3) is 2.31. The van der Waals surface area contributed by atoms with Crippen LogP contribution in [0.2, 0.25) is 0 Å². The largest absolute Gasteiger partial charge is 0.469 e. The Kier molecular flexibility index (Phi) is 3.36. The Morgan fingerprint density at radius 2 is 2.31 bits per heavy atom. The average molecular weight is 237 g/mol. The van der Waals surface area contributed by atoms with Crippen LogP contribution in [-0.2, 0) is 0 Å². The van der Waals surface area contributed by atoms with Crippen LogP contribution in [0.15, 0.2) is 16.7 Å². The van der Waals surface area contributed by atoms with Gasteiger partial charge in [0.05, 0.1) is 11.6 Å². The van der Waals surface area contributed by atoms with Crippen molar-refractivity contribution in [3.63, 3.8) is 0 Å². The third-order valence-electron chi connectivity index (χ3n) is 2.30. The number of rotatable bonds is 4. The maximum absolute atomic E-state index is 5.26. The first kappa shape index (κ1) is 11.3. The minimum atomic E-state index is 0.254. The summed E-state index contributed by atoms with van der Waals surface area (Å²) >= 11 is 1.60. The van der Waals surface area contributed by atoms with Gasteiger partial charge < -0.3 is 9.73 Å². The Bertz CT molecular complexity index is 463. The summed E-state index contributed by atoms with van der Waals surface area (Å²) in [6.45, 7) is 7.03. The summed E-state index contributed by atoms with van der Waals surface area (Å²) in [4.78, 5) is 0. The van der Waals surface area contributed by atoms with E-state index in [1.165, 1.54) is 0 Å². The molecule has 0 bridgehead atoms. The molecule has 0 spiro atoms. The van der Waals surface area contributed by atoms with Gasteiger partial charge in [0.2, 0.25) is 0 Å². The predicted molar refractivity (Wildman–Crippen MR) is 64.4 cm³/mol. The Labute approximate surface area is 98.7 Å². The normalized spacial score (nSPS) is 12.9. The smallest absolute Gasteiger partial charge is 0.151 e. The van der Waals surface area contributed by atoms with Gasteiger partial charge in [-0.15, -0.1) is 10.2 Å². The Morgan fingerprint density at radius 3 is 2.94 bits per heavy atom. The highest BCUT2D eigenvalue weighted by Crippen LogP contribution is 2.27. The zero-order valence-corrected chi connectivity index (χ0v) is 10.5. The van der Waals surface area contributed by atoms with E-state index in [-0.39, 0.29) is 6.04 Å². The molecular formula is C11H15N3OS. The summed E-state index contributed by atoms with van der Waals surface area (Å²) in [5, 5.41) is 13.6. The van der Waals surface area contributed by atoms with Crippen LogP contribution in [0.1, 0.15) is 30.7 Å². The quantitative estimate of drug-likeness (QED) is 0.888. The molecule has 2 aromatic heterocycles. The van der Waals surface area contributed by atoms with Crippen molar-refractivity contribution >= 4 is 11.3 Å². The van der Waals surface area contributed by atoms with Crippen LogP contribution in [-0.4, -0.2) is 16.7 Å². The fourth-order valence-corrected chi connectivity index (χ4v) is 2.32. The number of aromatic nitrogens is 2. The van der Waals surface area contributed by atoms with E-state index in [1.54, 1.807) is 17.6 Å². The lowest BCUT2D eigenvalue weighted by Crippen LogP contribution is -2.17. The van der Waals surface area contributed by atoms with Crippen LogP contribution >= 0.6 is 11.3 Å². The molecule has 5 heteroatoms. The first-order valence-corrected chi connectivity index (χ1v) is 6.14. The van der Waals surface area contributed by atoms with Gasteiger partial charge >= 0.3 is 0 Å². The van der Waals surface area contributed by atoms with Crippen LogP contribution in [0.25, 0.3) is 10.6 Å². The van der Waals surface area contributed by atoms with E-state index in [9.17, 15) is 0 Å². The number of furan rings is 1. The van der Waals surface area contributed by atoms with E-state index in [0.29, 0.717) is 0 Å². The molecule has 0 radical (unpaired) electrons. The standard InChI is InChI=1S/C11H15N3OS/c1-4-12-8(3)10-13-14-11(16-10)9-5-7(2)15-6-9/h5-6,8,12H,4H2,1-3H3. The van der Waals surface area contributed by atoms with Gasteiger partial charge in [-0.3, -0.25) is 0 Å². The van der Waals surface area contributed by atoms with E-state index in [4.69, 9.17) is 4.42 Å². The number of nitrogens with zero attached hydrogens (tertiary/aromatic N) is 2. The molecule has 0 fully saturated rings. The molecule has 1 unspecified atom stereocenters. The van der Waals surface area contributed by atoms with Crippen LogP contribution in [0.5, 0.6) is 0 Å². The number of nitrogens with one attached hydrogen (secondary N) is 1. The lowest BCUT2D eigenvalue weighted by atomic mass is 10.3. The van der Waals surface area contributed by atoms with Crippen molar-refractivity contribution in [2.75, 3.05) is 6.54 Å². The molecule has 0 aliphatic heterocycles. The molecule has 86 valence electrons. The van der Waals surface area contributed by atoms with Crippen LogP contribution < -0.4 is 5.32 Å². The molecule has 0 saturated carbocycles. The van der Waals surface area contributed by atoms with E-state index >= 15 is 0 Å².